The standard InChI is InChI=1S/C17H15FN2O2S/c1-10-3-5-12(7-14(10)18)19-16(21)8-13-9-23-17(20-13)15-6-4-11(2)22-15/h3-7,9H,8H2,1-2H3,(H,19,21). The first kappa shape index (κ1) is 15.4. The van der Waals surface area contributed by atoms with Gasteiger partial charge in [-0.1, -0.05) is 6.07 Å². The lowest BCUT2D eigenvalue weighted by atomic mass is 10.2. The molecule has 0 bridgehead atoms. The molecule has 0 saturated carbocycles. The molecule has 0 aliphatic heterocycles. The lowest BCUT2D eigenvalue weighted by Gasteiger charge is -2.05. The van der Waals surface area contributed by atoms with Gasteiger partial charge in [-0.25, -0.2) is 9.37 Å². The minimum Gasteiger partial charge on any atom is -0.459 e. The summed E-state index contributed by atoms with van der Waals surface area (Å²) < 4.78 is 19.0. The summed E-state index contributed by atoms with van der Waals surface area (Å²) in [6.07, 6.45) is 0.131. The monoisotopic (exact) mass is 330 g/mol. The van der Waals surface area contributed by atoms with Gasteiger partial charge >= 0.3 is 0 Å². The molecule has 3 rings (SSSR count). The van der Waals surface area contributed by atoms with Gasteiger partial charge in [-0.15, -0.1) is 11.3 Å². The number of anilines is 1. The Bertz CT molecular complexity index is 854. The topological polar surface area (TPSA) is 55.1 Å². The Morgan fingerprint density at radius 3 is 2.83 bits per heavy atom. The van der Waals surface area contributed by atoms with Gasteiger partial charge in [0.2, 0.25) is 5.91 Å². The third-order valence-corrected chi connectivity index (χ3v) is 4.21. The van der Waals surface area contributed by atoms with E-state index >= 15 is 0 Å². The highest BCUT2D eigenvalue weighted by Crippen LogP contribution is 2.25. The fourth-order valence-electron chi connectivity index (χ4n) is 2.09. The van der Waals surface area contributed by atoms with Crippen molar-refractivity contribution in [3.8, 4) is 10.8 Å². The van der Waals surface area contributed by atoms with Crippen LogP contribution in [0.3, 0.4) is 0 Å². The number of halogens is 1. The third kappa shape index (κ3) is 3.65. The van der Waals surface area contributed by atoms with Crippen molar-refractivity contribution < 1.29 is 13.6 Å². The van der Waals surface area contributed by atoms with Crippen molar-refractivity contribution in [1.82, 2.24) is 4.98 Å². The number of amides is 1. The fraction of sp³-hybridized carbons (Fsp3) is 0.176. The smallest absolute Gasteiger partial charge is 0.230 e. The molecular formula is C17H15FN2O2S. The number of carbonyl (C=O) groups excluding carboxylic acids is 1. The Morgan fingerprint density at radius 1 is 1.30 bits per heavy atom. The van der Waals surface area contributed by atoms with Gasteiger partial charge < -0.3 is 9.73 Å². The van der Waals surface area contributed by atoms with Crippen LogP contribution in [-0.4, -0.2) is 10.9 Å². The van der Waals surface area contributed by atoms with Crippen LogP contribution in [-0.2, 0) is 11.2 Å². The second-order valence-electron chi connectivity index (χ2n) is 5.24. The van der Waals surface area contributed by atoms with E-state index in [1.165, 1.54) is 17.4 Å². The number of aryl methyl sites for hydroxylation is 2. The predicted octanol–water partition coefficient (Wildman–Crippen LogP) is 4.34. The molecule has 0 saturated heterocycles. The second kappa shape index (κ2) is 6.34. The first-order valence-electron chi connectivity index (χ1n) is 7.08. The number of carbonyl (C=O) groups is 1. The number of rotatable bonds is 4. The van der Waals surface area contributed by atoms with Crippen molar-refractivity contribution in [2.75, 3.05) is 5.32 Å². The van der Waals surface area contributed by atoms with Crippen LogP contribution in [0.1, 0.15) is 17.0 Å². The molecule has 0 aliphatic carbocycles. The molecule has 0 radical (unpaired) electrons. The average Bonchev–Trinajstić information content (AvgIpc) is 3.12. The summed E-state index contributed by atoms with van der Waals surface area (Å²) in [5, 5.41) is 5.23. The van der Waals surface area contributed by atoms with Crippen molar-refractivity contribution in [2.45, 2.75) is 20.3 Å². The van der Waals surface area contributed by atoms with Gasteiger partial charge in [0.1, 0.15) is 11.6 Å². The molecule has 2 heterocycles. The van der Waals surface area contributed by atoms with Crippen molar-refractivity contribution in [3.05, 3.63) is 58.5 Å². The summed E-state index contributed by atoms with van der Waals surface area (Å²) >= 11 is 1.42. The minimum atomic E-state index is -0.341. The molecule has 0 aliphatic rings. The summed E-state index contributed by atoms with van der Waals surface area (Å²) in [7, 11) is 0. The van der Waals surface area contributed by atoms with Crippen LogP contribution in [0.2, 0.25) is 0 Å². The van der Waals surface area contributed by atoms with Crippen molar-refractivity contribution in [3.63, 3.8) is 0 Å². The molecule has 1 amide bonds. The summed E-state index contributed by atoms with van der Waals surface area (Å²) in [5.41, 5.74) is 1.64. The van der Waals surface area contributed by atoms with E-state index in [1.54, 1.807) is 19.1 Å². The number of hydrogen-bond acceptors (Lipinski definition) is 4. The molecule has 1 aromatic carbocycles. The van der Waals surface area contributed by atoms with Gasteiger partial charge in [0.05, 0.1) is 12.1 Å². The number of aromatic nitrogens is 1. The first-order valence-corrected chi connectivity index (χ1v) is 7.96. The quantitative estimate of drug-likeness (QED) is 0.774. The predicted molar refractivity (Wildman–Crippen MR) is 88.0 cm³/mol. The summed E-state index contributed by atoms with van der Waals surface area (Å²) in [5.74, 6) is 0.934. The minimum absolute atomic E-state index is 0.131. The van der Waals surface area contributed by atoms with Crippen LogP contribution < -0.4 is 5.32 Å². The zero-order valence-electron chi connectivity index (χ0n) is 12.7. The average molecular weight is 330 g/mol. The molecule has 0 fully saturated rings. The van der Waals surface area contributed by atoms with Crippen LogP contribution in [0.15, 0.2) is 40.1 Å². The molecule has 2 aromatic heterocycles. The molecule has 118 valence electrons. The lowest BCUT2D eigenvalue weighted by molar-refractivity contribution is -0.115. The molecule has 0 spiro atoms. The number of benzene rings is 1. The Kier molecular flexibility index (Phi) is 4.25. The Morgan fingerprint density at radius 2 is 2.13 bits per heavy atom. The van der Waals surface area contributed by atoms with Crippen molar-refractivity contribution in [1.29, 1.82) is 0 Å². The first-order chi connectivity index (χ1) is 11.0. The van der Waals surface area contributed by atoms with E-state index in [2.05, 4.69) is 10.3 Å². The van der Waals surface area contributed by atoms with Gasteiger partial charge in [0.15, 0.2) is 10.8 Å². The summed E-state index contributed by atoms with van der Waals surface area (Å²) in [6.45, 7) is 3.54. The van der Waals surface area contributed by atoms with Crippen LogP contribution >= 0.6 is 11.3 Å². The highest BCUT2D eigenvalue weighted by Gasteiger charge is 2.12. The van der Waals surface area contributed by atoms with Gasteiger partial charge in [-0.3, -0.25) is 4.79 Å². The largest absolute Gasteiger partial charge is 0.459 e. The van der Waals surface area contributed by atoms with Crippen LogP contribution in [0.4, 0.5) is 10.1 Å². The van der Waals surface area contributed by atoms with Crippen molar-refractivity contribution in [2.24, 2.45) is 0 Å². The zero-order chi connectivity index (χ0) is 16.4. The number of furan rings is 1. The van der Waals surface area contributed by atoms with Gasteiger partial charge in [0, 0.05) is 11.1 Å². The van der Waals surface area contributed by atoms with E-state index in [-0.39, 0.29) is 18.1 Å². The maximum atomic E-state index is 13.5. The molecule has 3 aromatic rings. The molecule has 0 atom stereocenters. The highest BCUT2D eigenvalue weighted by molar-refractivity contribution is 7.13. The van der Waals surface area contributed by atoms with E-state index in [0.717, 1.165) is 10.8 Å². The Labute approximate surface area is 137 Å². The molecule has 1 N–H and O–H groups in total. The maximum absolute atomic E-state index is 13.5. The normalized spacial score (nSPS) is 10.7. The van der Waals surface area contributed by atoms with Crippen LogP contribution in [0.5, 0.6) is 0 Å². The molecular weight excluding hydrogens is 315 g/mol. The number of thiazole rings is 1. The van der Waals surface area contributed by atoms with E-state index < -0.39 is 0 Å². The Hall–Kier alpha value is -2.47. The molecule has 0 unspecified atom stereocenters. The van der Waals surface area contributed by atoms with Gasteiger partial charge in [-0.2, -0.15) is 0 Å². The van der Waals surface area contributed by atoms with Crippen molar-refractivity contribution >= 4 is 22.9 Å². The summed E-state index contributed by atoms with van der Waals surface area (Å²) in [6, 6.07) is 8.34. The lowest BCUT2D eigenvalue weighted by Crippen LogP contribution is -2.14. The highest BCUT2D eigenvalue weighted by atomic mass is 32.1. The van der Waals surface area contributed by atoms with Gasteiger partial charge in [0.25, 0.3) is 0 Å². The maximum Gasteiger partial charge on any atom is 0.230 e. The molecule has 23 heavy (non-hydrogen) atoms. The SMILES string of the molecule is Cc1ccc(-c2nc(CC(=O)Nc3ccc(C)c(F)c3)cs2)o1. The van der Waals surface area contributed by atoms with Crippen LogP contribution in [0, 0.1) is 19.7 Å². The van der Waals surface area contributed by atoms with Gasteiger partial charge in [-0.05, 0) is 43.7 Å². The van der Waals surface area contributed by atoms with E-state index in [9.17, 15) is 9.18 Å². The third-order valence-electron chi connectivity index (χ3n) is 3.30. The number of hydrogen-bond donors (Lipinski definition) is 1. The molecule has 6 heteroatoms. The molecule has 4 nitrogen and oxygen atoms in total. The van der Waals surface area contributed by atoms with E-state index in [1.807, 2.05) is 24.4 Å². The Balaban J connectivity index is 1.66. The zero-order valence-corrected chi connectivity index (χ0v) is 13.5. The van der Waals surface area contributed by atoms with Crippen LogP contribution in [0.25, 0.3) is 10.8 Å². The summed E-state index contributed by atoms with van der Waals surface area (Å²) in [4.78, 5) is 16.4. The number of nitrogens with zero attached hydrogens (tertiary/aromatic N) is 1. The van der Waals surface area contributed by atoms with E-state index in [0.29, 0.717) is 22.7 Å². The van der Waals surface area contributed by atoms with E-state index in [4.69, 9.17) is 4.42 Å². The number of nitrogens with one attached hydrogen (secondary N) is 1. The fourth-order valence-corrected chi connectivity index (χ4v) is 2.87. The second-order valence-corrected chi connectivity index (χ2v) is 6.10.